The molecule has 3 aliphatic carbocycles. The highest BCUT2D eigenvalue weighted by Gasteiger charge is 2.56. The van der Waals surface area contributed by atoms with Gasteiger partial charge >= 0.3 is 0 Å². The Morgan fingerprint density at radius 1 is 1.20 bits per heavy atom. The Morgan fingerprint density at radius 2 is 2.00 bits per heavy atom. The Balaban J connectivity index is 1.95. The van der Waals surface area contributed by atoms with E-state index in [1.165, 1.54) is 19.3 Å². The first-order valence-electron chi connectivity index (χ1n) is 4.39. The molecule has 0 aliphatic heterocycles. The van der Waals surface area contributed by atoms with Crippen LogP contribution < -0.4 is 0 Å². The minimum Gasteiger partial charge on any atom is -0.299 e. The maximum absolute atomic E-state index is 11.1. The zero-order chi connectivity index (χ0) is 6.72. The van der Waals surface area contributed by atoms with Gasteiger partial charge in [0.15, 0.2) is 0 Å². The van der Waals surface area contributed by atoms with Crippen molar-refractivity contribution in [3.63, 3.8) is 0 Å². The molecule has 3 rings (SSSR count). The molecule has 0 aromatic carbocycles. The summed E-state index contributed by atoms with van der Waals surface area (Å²) in [6.07, 6.45) is 5.11. The molecule has 1 heteroatoms. The van der Waals surface area contributed by atoms with E-state index in [0.29, 0.717) is 11.7 Å². The largest absolute Gasteiger partial charge is 0.299 e. The standard InChI is InChI=1S/C9H12O/c10-8-4-7-5-1-2-6(3-5)9(7)8/h5-7,9H,1-4H2/t5-,6+,7+,9+/m0/s1. The maximum Gasteiger partial charge on any atom is 0.136 e. The average molecular weight is 136 g/mol. The van der Waals surface area contributed by atoms with E-state index in [1.54, 1.807) is 0 Å². The highest BCUT2D eigenvalue weighted by atomic mass is 16.1. The zero-order valence-electron chi connectivity index (χ0n) is 6.05. The van der Waals surface area contributed by atoms with Gasteiger partial charge < -0.3 is 0 Å². The highest BCUT2D eigenvalue weighted by Crippen LogP contribution is 2.59. The number of ketones is 1. The molecule has 0 amide bonds. The van der Waals surface area contributed by atoms with Crippen LogP contribution in [0.2, 0.25) is 0 Å². The van der Waals surface area contributed by atoms with Crippen LogP contribution in [0.3, 0.4) is 0 Å². The van der Waals surface area contributed by atoms with Gasteiger partial charge in [-0.25, -0.2) is 0 Å². The average Bonchev–Trinajstić information content (AvgIpc) is 2.40. The number of rotatable bonds is 0. The molecule has 0 unspecified atom stereocenters. The van der Waals surface area contributed by atoms with Crippen LogP contribution in [-0.2, 0) is 4.79 Å². The van der Waals surface area contributed by atoms with Crippen molar-refractivity contribution in [3.05, 3.63) is 0 Å². The van der Waals surface area contributed by atoms with Crippen LogP contribution in [0.15, 0.2) is 0 Å². The van der Waals surface area contributed by atoms with Crippen molar-refractivity contribution >= 4 is 5.78 Å². The van der Waals surface area contributed by atoms with E-state index in [4.69, 9.17) is 0 Å². The molecule has 3 fully saturated rings. The van der Waals surface area contributed by atoms with E-state index in [2.05, 4.69) is 0 Å². The van der Waals surface area contributed by atoms with Gasteiger partial charge in [0, 0.05) is 12.3 Å². The third-order valence-corrected chi connectivity index (χ3v) is 3.90. The van der Waals surface area contributed by atoms with E-state index in [9.17, 15) is 4.79 Å². The molecular formula is C9H12O. The summed E-state index contributed by atoms with van der Waals surface area (Å²) in [7, 11) is 0. The van der Waals surface area contributed by atoms with Gasteiger partial charge in [-0.05, 0) is 37.0 Å². The van der Waals surface area contributed by atoms with E-state index in [1.807, 2.05) is 0 Å². The van der Waals surface area contributed by atoms with Crippen LogP contribution in [0.1, 0.15) is 25.7 Å². The summed E-state index contributed by atoms with van der Waals surface area (Å²) in [6, 6.07) is 0. The molecular weight excluding hydrogens is 124 g/mol. The molecule has 0 saturated heterocycles. The predicted molar refractivity (Wildman–Crippen MR) is 37.4 cm³/mol. The van der Waals surface area contributed by atoms with Crippen molar-refractivity contribution in [3.8, 4) is 0 Å². The van der Waals surface area contributed by atoms with Crippen LogP contribution in [0.4, 0.5) is 0 Å². The summed E-state index contributed by atoms with van der Waals surface area (Å²) in [6.45, 7) is 0. The van der Waals surface area contributed by atoms with Crippen LogP contribution in [0.25, 0.3) is 0 Å². The van der Waals surface area contributed by atoms with Gasteiger partial charge in [0.2, 0.25) is 0 Å². The number of hydrogen-bond acceptors (Lipinski definition) is 1. The quantitative estimate of drug-likeness (QED) is 0.494. The summed E-state index contributed by atoms with van der Waals surface area (Å²) in [5.41, 5.74) is 0. The molecule has 54 valence electrons. The fraction of sp³-hybridized carbons (Fsp3) is 0.889. The lowest BCUT2D eigenvalue weighted by Crippen LogP contribution is -2.41. The predicted octanol–water partition coefficient (Wildman–Crippen LogP) is 1.62. The number of carbonyl (C=O) groups excluding carboxylic acids is 1. The maximum atomic E-state index is 11.1. The monoisotopic (exact) mass is 136 g/mol. The lowest BCUT2D eigenvalue weighted by molar-refractivity contribution is -0.136. The van der Waals surface area contributed by atoms with E-state index >= 15 is 0 Å². The van der Waals surface area contributed by atoms with Gasteiger partial charge in [0.1, 0.15) is 5.78 Å². The summed E-state index contributed by atoms with van der Waals surface area (Å²) in [4.78, 5) is 11.1. The molecule has 0 radical (unpaired) electrons. The summed E-state index contributed by atoms with van der Waals surface area (Å²) in [5, 5.41) is 0. The fourth-order valence-corrected chi connectivity index (χ4v) is 3.41. The molecule has 0 N–H and O–H groups in total. The SMILES string of the molecule is O=C1C[C@@H]2[C@H]3CC[C@H](C3)[C@@H]12. The first-order valence-corrected chi connectivity index (χ1v) is 4.39. The first-order chi connectivity index (χ1) is 4.86. The van der Waals surface area contributed by atoms with Crippen molar-refractivity contribution < 1.29 is 4.79 Å². The number of hydrogen-bond donors (Lipinski definition) is 0. The Hall–Kier alpha value is -0.330. The second kappa shape index (κ2) is 1.46. The molecule has 10 heavy (non-hydrogen) atoms. The Bertz CT molecular complexity index is 195. The van der Waals surface area contributed by atoms with Crippen molar-refractivity contribution in [2.24, 2.45) is 23.7 Å². The second-order valence-electron chi connectivity index (χ2n) is 4.19. The second-order valence-corrected chi connectivity index (χ2v) is 4.19. The number of fused-ring (bicyclic) bond motifs is 5. The van der Waals surface area contributed by atoms with Gasteiger partial charge in [0.05, 0.1) is 0 Å². The molecule has 3 saturated carbocycles. The van der Waals surface area contributed by atoms with Gasteiger partial charge in [-0.3, -0.25) is 4.79 Å². The lowest BCUT2D eigenvalue weighted by Gasteiger charge is -2.38. The van der Waals surface area contributed by atoms with Gasteiger partial charge in [0.25, 0.3) is 0 Å². The Morgan fingerprint density at radius 3 is 2.60 bits per heavy atom. The van der Waals surface area contributed by atoms with E-state index < -0.39 is 0 Å². The zero-order valence-corrected chi connectivity index (χ0v) is 6.05. The van der Waals surface area contributed by atoms with Gasteiger partial charge in [-0.2, -0.15) is 0 Å². The van der Waals surface area contributed by atoms with Crippen molar-refractivity contribution in [1.82, 2.24) is 0 Å². The summed E-state index contributed by atoms with van der Waals surface area (Å²) < 4.78 is 0. The minimum absolute atomic E-state index is 0.554. The normalized spacial score (nSPS) is 56.6. The summed E-state index contributed by atoms with van der Waals surface area (Å²) in [5.74, 6) is 3.78. The van der Waals surface area contributed by atoms with E-state index in [-0.39, 0.29) is 0 Å². The molecule has 0 aromatic heterocycles. The summed E-state index contributed by atoms with van der Waals surface area (Å²) >= 11 is 0. The smallest absolute Gasteiger partial charge is 0.136 e. The molecule has 3 aliphatic rings. The van der Waals surface area contributed by atoms with E-state index in [0.717, 1.165) is 24.2 Å². The number of Topliss-reactive ketones (excluding diaryl/α,β-unsaturated/α-hetero) is 1. The van der Waals surface area contributed by atoms with Crippen LogP contribution in [-0.4, -0.2) is 5.78 Å². The minimum atomic E-state index is 0.554. The van der Waals surface area contributed by atoms with Crippen molar-refractivity contribution in [1.29, 1.82) is 0 Å². The molecule has 0 spiro atoms. The Labute approximate surface area is 60.8 Å². The van der Waals surface area contributed by atoms with Crippen molar-refractivity contribution in [2.75, 3.05) is 0 Å². The fourth-order valence-electron chi connectivity index (χ4n) is 3.41. The third kappa shape index (κ3) is 0.415. The molecule has 2 bridgehead atoms. The topological polar surface area (TPSA) is 17.1 Å². The molecule has 4 atom stereocenters. The first kappa shape index (κ1) is 5.34. The number of carbonyl (C=O) groups is 1. The van der Waals surface area contributed by atoms with Crippen LogP contribution >= 0.6 is 0 Å². The third-order valence-electron chi connectivity index (χ3n) is 3.90. The molecule has 0 aromatic rings. The lowest BCUT2D eigenvalue weighted by atomic mass is 9.65. The van der Waals surface area contributed by atoms with Crippen LogP contribution in [0, 0.1) is 23.7 Å². The van der Waals surface area contributed by atoms with Crippen molar-refractivity contribution in [2.45, 2.75) is 25.7 Å². The van der Waals surface area contributed by atoms with Gasteiger partial charge in [-0.1, -0.05) is 0 Å². The van der Waals surface area contributed by atoms with Gasteiger partial charge in [-0.15, -0.1) is 0 Å². The Kier molecular flexibility index (Phi) is 0.781. The highest BCUT2D eigenvalue weighted by molar-refractivity contribution is 5.88. The molecule has 0 heterocycles. The molecule has 1 nitrogen and oxygen atoms in total. The van der Waals surface area contributed by atoms with Crippen LogP contribution in [0.5, 0.6) is 0 Å².